The number of ketones is 4. The molecule has 0 heterocycles. The molecule has 4 N–H and O–H groups in total. The van der Waals surface area contributed by atoms with Crippen LogP contribution in [-0.2, 0) is 38.4 Å². The second kappa shape index (κ2) is 12.1. The maximum Gasteiger partial charge on any atom is 0.226 e. The predicted octanol–water partition coefficient (Wildman–Crippen LogP) is -1.49. The molecule has 0 spiro atoms. The standard InChI is InChI=1S/2C10H16N2O4/c1-7(13)11(8(2)14)5-6-12(9(3)15)10(4)16;1-5(13)9(11,6(2)14)10(12,7(3)15)8(4)16/h5-6H2,1-4H3;11-12H2,1-4H3. The van der Waals surface area contributed by atoms with Crippen molar-refractivity contribution in [1.29, 1.82) is 0 Å². The largest absolute Gasteiger partial charge is 0.310 e. The molecule has 0 saturated carbocycles. The lowest BCUT2D eigenvalue weighted by Gasteiger charge is -2.38. The fraction of sp³-hybridized carbons (Fsp3) is 0.600. The zero-order chi connectivity index (χ0) is 26.2. The average molecular weight is 456 g/mol. The van der Waals surface area contributed by atoms with Crippen molar-refractivity contribution in [2.75, 3.05) is 13.1 Å². The number of carbonyl (C=O) groups is 8. The Morgan fingerprint density at radius 3 is 0.719 bits per heavy atom. The van der Waals surface area contributed by atoms with Crippen molar-refractivity contribution in [2.24, 2.45) is 11.5 Å². The van der Waals surface area contributed by atoms with E-state index in [-0.39, 0.29) is 13.1 Å². The summed E-state index contributed by atoms with van der Waals surface area (Å²) in [5.74, 6) is -4.86. The molecule has 0 aromatic rings. The maximum absolute atomic E-state index is 11.4. The molecule has 0 fully saturated rings. The number of amides is 4. The monoisotopic (exact) mass is 456 g/mol. The van der Waals surface area contributed by atoms with Crippen LogP contribution in [0.1, 0.15) is 55.4 Å². The van der Waals surface area contributed by atoms with Crippen LogP contribution in [-0.4, -0.2) is 80.7 Å². The van der Waals surface area contributed by atoms with Gasteiger partial charge in [0.1, 0.15) is 0 Å². The third-order valence-electron chi connectivity index (χ3n) is 4.91. The molecule has 32 heavy (non-hydrogen) atoms. The third-order valence-corrected chi connectivity index (χ3v) is 4.91. The van der Waals surface area contributed by atoms with E-state index in [9.17, 15) is 38.4 Å². The van der Waals surface area contributed by atoms with Gasteiger partial charge in [0.2, 0.25) is 23.6 Å². The van der Waals surface area contributed by atoms with Crippen LogP contribution < -0.4 is 11.5 Å². The van der Waals surface area contributed by atoms with Gasteiger partial charge in [0.25, 0.3) is 0 Å². The van der Waals surface area contributed by atoms with E-state index in [1.807, 2.05) is 0 Å². The minimum absolute atomic E-state index is 0.0316. The highest BCUT2D eigenvalue weighted by molar-refractivity contribution is 6.25. The zero-order valence-electron chi connectivity index (χ0n) is 19.7. The van der Waals surface area contributed by atoms with Gasteiger partial charge in [-0.05, 0) is 27.7 Å². The Hall–Kier alpha value is -3.12. The number of carbonyl (C=O) groups excluding carboxylic acids is 8. The molecule has 0 atom stereocenters. The van der Waals surface area contributed by atoms with E-state index < -0.39 is 57.8 Å². The highest BCUT2D eigenvalue weighted by Crippen LogP contribution is 2.22. The van der Waals surface area contributed by atoms with Crippen molar-refractivity contribution in [3.63, 3.8) is 0 Å². The van der Waals surface area contributed by atoms with E-state index in [0.29, 0.717) is 0 Å². The number of Topliss-reactive ketones (excluding diaryl/α,β-unsaturated/α-hetero) is 4. The number of rotatable bonds is 8. The lowest BCUT2D eigenvalue weighted by molar-refractivity contribution is -0.147. The lowest BCUT2D eigenvalue weighted by atomic mass is 9.68. The van der Waals surface area contributed by atoms with Gasteiger partial charge < -0.3 is 11.5 Å². The molecule has 12 nitrogen and oxygen atoms in total. The Kier molecular flexibility index (Phi) is 11.7. The fourth-order valence-electron chi connectivity index (χ4n) is 2.88. The molecule has 12 heteroatoms. The normalized spacial score (nSPS) is 10.8. The summed E-state index contributed by atoms with van der Waals surface area (Å²) in [7, 11) is 0. The Balaban J connectivity index is 0. The molecule has 0 aromatic carbocycles. The Morgan fingerprint density at radius 2 is 0.625 bits per heavy atom. The molecular formula is C20H32N4O8. The van der Waals surface area contributed by atoms with Crippen LogP contribution >= 0.6 is 0 Å². The third kappa shape index (κ3) is 6.95. The molecule has 0 aliphatic rings. The summed E-state index contributed by atoms with van der Waals surface area (Å²) in [4.78, 5) is 91.9. The number of imide groups is 2. The van der Waals surface area contributed by atoms with Crippen LogP contribution in [0.25, 0.3) is 0 Å². The molecule has 0 unspecified atom stereocenters. The smallest absolute Gasteiger partial charge is 0.226 e. The Bertz CT molecular complexity index is 709. The molecule has 180 valence electrons. The molecule has 0 saturated heterocycles. The van der Waals surface area contributed by atoms with Gasteiger partial charge in [-0.25, -0.2) is 0 Å². The van der Waals surface area contributed by atoms with Crippen LogP contribution in [0.15, 0.2) is 0 Å². The van der Waals surface area contributed by atoms with Crippen LogP contribution in [0.2, 0.25) is 0 Å². The van der Waals surface area contributed by atoms with E-state index >= 15 is 0 Å². The van der Waals surface area contributed by atoms with Crippen molar-refractivity contribution in [1.82, 2.24) is 9.80 Å². The van der Waals surface area contributed by atoms with E-state index in [0.717, 1.165) is 37.5 Å². The first-order valence-corrected chi connectivity index (χ1v) is 9.49. The minimum Gasteiger partial charge on any atom is -0.310 e. The van der Waals surface area contributed by atoms with Gasteiger partial charge in [-0.3, -0.25) is 48.2 Å². The van der Waals surface area contributed by atoms with Gasteiger partial charge in [0.05, 0.1) is 0 Å². The van der Waals surface area contributed by atoms with E-state index in [1.54, 1.807) is 0 Å². The van der Waals surface area contributed by atoms with Crippen LogP contribution in [0.4, 0.5) is 0 Å². The highest BCUT2D eigenvalue weighted by atomic mass is 16.2. The SMILES string of the molecule is CC(=O)C(N)(C(C)=O)C(N)(C(C)=O)C(C)=O.CC(=O)N(CCN(C(C)=O)C(C)=O)C(C)=O. The molecule has 0 rings (SSSR count). The first-order valence-electron chi connectivity index (χ1n) is 9.49. The van der Waals surface area contributed by atoms with Gasteiger partial charge in [0, 0.05) is 40.8 Å². The minimum atomic E-state index is -2.30. The fourth-order valence-corrected chi connectivity index (χ4v) is 2.88. The summed E-state index contributed by atoms with van der Waals surface area (Å²) in [6.07, 6.45) is 0. The summed E-state index contributed by atoms with van der Waals surface area (Å²) in [6.45, 7) is 9.18. The van der Waals surface area contributed by atoms with Crippen LogP contribution in [0.3, 0.4) is 0 Å². The van der Waals surface area contributed by atoms with E-state index in [1.165, 1.54) is 27.7 Å². The van der Waals surface area contributed by atoms with Crippen molar-refractivity contribution in [2.45, 2.75) is 66.5 Å². The van der Waals surface area contributed by atoms with Gasteiger partial charge in [-0.1, -0.05) is 0 Å². The quantitative estimate of drug-likeness (QED) is 0.406. The molecular weight excluding hydrogens is 424 g/mol. The van der Waals surface area contributed by atoms with Crippen molar-refractivity contribution >= 4 is 46.8 Å². The molecule has 0 bridgehead atoms. The maximum atomic E-state index is 11.4. The van der Waals surface area contributed by atoms with Gasteiger partial charge in [-0.15, -0.1) is 0 Å². The summed E-state index contributed by atoms with van der Waals surface area (Å²) in [6, 6.07) is 0. The second-order valence-corrected chi connectivity index (χ2v) is 7.22. The van der Waals surface area contributed by atoms with Crippen LogP contribution in [0.5, 0.6) is 0 Å². The first kappa shape index (κ1) is 31.1. The Morgan fingerprint density at radius 1 is 0.469 bits per heavy atom. The molecule has 0 radical (unpaired) electrons. The average Bonchev–Trinajstić information content (AvgIpc) is 2.61. The zero-order valence-corrected chi connectivity index (χ0v) is 19.7. The van der Waals surface area contributed by atoms with Gasteiger partial charge >= 0.3 is 0 Å². The number of hydrogen-bond donors (Lipinski definition) is 2. The van der Waals surface area contributed by atoms with E-state index in [4.69, 9.17) is 11.5 Å². The van der Waals surface area contributed by atoms with Crippen molar-refractivity contribution in [3.05, 3.63) is 0 Å². The molecule has 4 amide bonds. The van der Waals surface area contributed by atoms with Crippen molar-refractivity contribution in [3.8, 4) is 0 Å². The highest BCUT2D eigenvalue weighted by Gasteiger charge is 2.59. The summed E-state index contributed by atoms with van der Waals surface area (Å²) < 4.78 is 0. The number of nitrogens with zero attached hydrogens (tertiary/aromatic N) is 2. The summed E-state index contributed by atoms with van der Waals surface area (Å²) in [5.41, 5.74) is 6.59. The summed E-state index contributed by atoms with van der Waals surface area (Å²) >= 11 is 0. The summed E-state index contributed by atoms with van der Waals surface area (Å²) in [5, 5.41) is 0. The predicted molar refractivity (Wildman–Crippen MR) is 113 cm³/mol. The lowest BCUT2D eigenvalue weighted by Crippen LogP contribution is -2.78. The number of hydrogen-bond acceptors (Lipinski definition) is 10. The molecule has 0 aliphatic heterocycles. The molecule has 0 aliphatic carbocycles. The molecule has 0 aromatic heterocycles. The van der Waals surface area contributed by atoms with E-state index in [2.05, 4.69) is 0 Å². The Labute approximate surface area is 186 Å². The number of nitrogens with two attached hydrogens (primary N) is 2. The van der Waals surface area contributed by atoms with Gasteiger partial charge in [-0.2, -0.15) is 0 Å². The second-order valence-electron chi connectivity index (χ2n) is 7.22. The first-order chi connectivity index (χ1) is 14.3. The topological polar surface area (TPSA) is 195 Å². The van der Waals surface area contributed by atoms with Crippen LogP contribution in [0, 0.1) is 0 Å². The van der Waals surface area contributed by atoms with Crippen molar-refractivity contribution < 1.29 is 38.4 Å². The van der Waals surface area contributed by atoms with Gasteiger partial charge in [0.15, 0.2) is 34.2 Å².